The van der Waals surface area contributed by atoms with Crippen molar-refractivity contribution >= 4 is 16.7 Å². The van der Waals surface area contributed by atoms with Crippen LogP contribution in [0.4, 0.5) is 0 Å². The zero-order valence-electron chi connectivity index (χ0n) is 15.8. The zero-order chi connectivity index (χ0) is 22.1. The standard InChI is InChI=1S/C20H16N2O8/c1-6(23)30-19-13-11(17(27)18(28)20(19,2)29)10-12(14(13)22-21)16(26)9-7(15(10)25)4-3-5-8(9)24/h3-5,17-19,24,27-29H,1-2H3/t17-,18+,19+,20-/m0/s1. The SMILES string of the molecule is CC(=O)O[C@@H]1c2c(c3c(=O)c4cccc(O)c4c(=O)c=3c2=[N+]=[N-])[C@H](O)[C@@H](O)[C@]1(C)O. The van der Waals surface area contributed by atoms with E-state index in [-0.39, 0.29) is 27.1 Å². The molecule has 1 aromatic carbocycles. The normalized spacial score (nSPS) is 25.8. The van der Waals surface area contributed by atoms with Gasteiger partial charge in [-0.1, -0.05) is 12.1 Å². The van der Waals surface area contributed by atoms with Gasteiger partial charge in [0.05, 0.1) is 10.9 Å². The van der Waals surface area contributed by atoms with Crippen LogP contribution in [0.15, 0.2) is 27.8 Å². The Morgan fingerprint density at radius 2 is 1.83 bits per heavy atom. The molecule has 0 saturated heterocycles. The number of esters is 1. The van der Waals surface area contributed by atoms with Crippen LogP contribution in [0.2, 0.25) is 0 Å². The molecule has 0 bridgehead atoms. The molecule has 154 valence electrons. The van der Waals surface area contributed by atoms with Crippen molar-refractivity contribution < 1.29 is 34.7 Å². The molecule has 0 unspecified atom stereocenters. The minimum Gasteiger partial charge on any atom is -0.507 e. The van der Waals surface area contributed by atoms with Crippen molar-refractivity contribution in [3.05, 3.63) is 71.1 Å². The van der Waals surface area contributed by atoms with Crippen LogP contribution in [0.3, 0.4) is 0 Å². The van der Waals surface area contributed by atoms with Crippen LogP contribution >= 0.6 is 0 Å². The van der Waals surface area contributed by atoms with Gasteiger partial charge in [0.2, 0.25) is 5.43 Å². The maximum atomic E-state index is 13.2. The second-order valence-corrected chi connectivity index (χ2v) is 7.49. The number of hydrogen-bond acceptors (Lipinski definition) is 8. The van der Waals surface area contributed by atoms with Crippen LogP contribution in [0.5, 0.6) is 5.75 Å². The number of carbonyl (C=O) groups excluding carboxylic acids is 1. The summed E-state index contributed by atoms with van der Waals surface area (Å²) in [6.45, 7) is 2.13. The molecule has 4 N–H and O–H groups in total. The van der Waals surface area contributed by atoms with E-state index in [2.05, 4.69) is 4.79 Å². The highest BCUT2D eigenvalue weighted by atomic mass is 16.6. The summed E-state index contributed by atoms with van der Waals surface area (Å²) in [5.74, 6) is -1.33. The molecule has 0 saturated carbocycles. The van der Waals surface area contributed by atoms with Gasteiger partial charge >= 0.3 is 11.3 Å². The molecule has 0 heterocycles. The molecular formula is C20H16N2O8. The number of phenolic OH excluding ortho intramolecular Hbond substituents is 1. The van der Waals surface area contributed by atoms with Gasteiger partial charge in [-0.25, -0.2) is 0 Å². The first-order valence-corrected chi connectivity index (χ1v) is 8.92. The Morgan fingerprint density at radius 3 is 2.43 bits per heavy atom. The number of benzene rings is 1. The van der Waals surface area contributed by atoms with Crippen LogP contribution in [-0.2, 0) is 9.53 Å². The highest BCUT2D eigenvalue weighted by molar-refractivity contribution is 5.88. The Kier molecular flexibility index (Phi) is 4.16. The van der Waals surface area contributed by atoms with E-state index in [0.717, 1.165) is 13.8 Å². The van der Waals surface area contributed by atoms with E-state index in [0.29, 0.717) is 0 Å². The lowest BCUT2D eigenvalue weighted by atomic mass is 9.76. The summed E-state index contributed by atoms with van der Waals surface area (Å²) in [5, 5.41) is 40.4. The van der Waals surface area contributed by atoms with E-state index < -0.39 is 57.1 Å². The lowest BCUT2D eigenvalue weighted by molar-refractivity contribution is -0.203. The van der Waals surface area contributed by atoms with Crippen molar-refractivity contribution in [2.45, 2.75) is 37.8 Å². The molecule has 0 spiro atoms. The summed E-state index contributed by atoms with van der Waals surface area (Å²) in [6, 6.07) is 3.87. The molecule has 0 fully saturated rings. The number of aliphatic hydroxyl groups is 3. The largest absolute Gasteiger partial charge is 0.507 e. The molecule has 0 amide bonds. The number of nitrogens with zero attached hydrogens (tertiary/aromatic N) is 2. The van der Waals surface area contributed by atoms with Crippen molar-refractivity contribution in [2.75, 3.05) is 0 Å². The highest BCUT2D eigenvalue weighted by Gasteiger charge is 2.55. The molecule has 3 aliphatic carbocycles. The maximum absolute atomic E-state index is 13.2. The van der Waals surface area contributed by atoms with Crippen LogP contribution in [0.1, 0.15) is 37.2 Å². The summed E-state index contributed by atoms with van der Waals surface area (Å²) >= 11 is 0. The Morgan fingerprint density at radius 1 is 1.17 bits per heavy atom. The molecule has 3 aliphatic rings. The van der Waals surface area contributed by atoms with E-state index in [1.807, 2.05) is 0 Å². The maximum Gasteiger partial charge on any atom is 0.334 e. The number of rotatable bonds is 1. The van der Waals surface area contributed by atoms with Gasteiger partial charge in [0, 0.05) is 23.1 Å². The number of phenols is 1. The molecule has 10 nitrogen and oxygen atoms in total. The quantitative estimate of drug-likeness (QED) is 0.218. The number of fused-ring (bicyclic) bond motifs is 3. The van der Waals surface area contributed by atoms with Gasteiger partial charge < -0.3 is 30.7 Å². The number of ether oxygens (including phenoxy) is 1. The van der Waals surface area contributed by atoms with Crippen molar-refractivity contribution in [1.82, 2.24) is 0 Å². The summed E-state index contributed by atoms with van der Waals surface area (Å²) in [4.78, 5) is 41.1. The first-order chi connectivity index (χ1) is 14.0. The fourth-order valence-electron chi connectivity index (χ4n) is 4.28. The third-order valence-electron chi connectivity index (χ3n) is 5.64. The second-order valence-electron chi connectivity index (χ2n) is 7.49. The molecule has 10 heteroatoms. The zero-order valence-corrected chi connectivity index (χ0v) is 15.8. The van der Waals surface area contributed by atoms with Crippen molar-refractivity contribution in [1.29, 1.82) is 0 Å². The fraction of sp³-hybridized carbons (Fsp3) is 0.300. The monoisotopic (exact) mass is 412 g/mol. The average Bonchev–Trinajstić information content (AvgIpc) is 3.03. The molecule has 0 aliphatic heterocycles. The van der Waals surface area contributed by atoms with Crippen molar-refractivity contribution in [2.24, 2.45) is 0 Å². The Bertz CT molecular complexity index is 1480. The Hall–Kier alpha value is -3.43. The first-order valence-electron chi connectivity index (χ1n) is 8.92. The van der Waals surface area contributed by atoms with E-state index in [9.17, 15) is 40.3 Å². The van der Waals surface area contributed by atoms with Crippen molar-refractivity contribution in [3.8, 4) is 5.75 Å². The number of aliphatic hydroxyl groups excluding tert-OH is 2. The molecule has 1 aromatic rings. The lowest BCUT2D eigenvalue weighted by Gasteiger charge is -2.41. The molecule has 0 radical (unpaired) electrons. The fourth-order valence-corrected chi connectivity index (χ4v) is 4.28. The van der Waals surface area contributed by atoms with Gasteiger partial charge in [-0.2, -0.15) is 4.79 Å². The summed E-state index contributed by atoms with van der Waals surface area (Å²) < 4.78 is 5.14. The molecule has 0 aromatic heterocycles. The molecule has 4 atom stereocenters. The van der Waals surface area contributed by atoms with E-state index in [1.165, 1.54) is 18.2 Å². The van der Waals surface area contributed by atoms with Gasteiger partial charge in [-0.15, -0.1) is 0 Å². The average molecular weight is 412 g/mol. The summed E-state index contributed by atoms with van der Waals surface area (Å²) in [6.07, 6.45) is -5.42. The van der Waals surface area contributed by atoms with Gasteiger partial charge in [0.15, 0.2) is 11.5 Å². The topological polar surface area (TPSA) is 178 Å². The first kappa shape index (κ1) is 19.9. The number of carbonyl (C=O) groups is 1. The third kappa shape index (κ3) is 2.33. The summed E-state index contributed by atoms with van der Waals surface area (Å²) in [5.41, 5.74) is 5.25. The van der Waals surface area contributed by atoms with Gasteiger partial charge in [0.25, 0.3) is 0 Å². The second kappa shape index (κ2) is 6.28. The van der Waals surface area contributed by atoms with E-state index in [4.69, 9.17) is 4.74 Å². The summed E-state index contributed by atoms with van der Waals surface area (Å²) in [7, 11) is 0. The minimum atomic E-state index is -2.24. The van der Waals surface area contributed by atoms with Gasteiger partial charge in [-0.05, 0) is 13.0 Å². The molecular weight excluding hydrogens is 396 g/mol. The van der Waals surface area contributed by atoms with E-state index >= 15 is 0 Å². The molecule has 4 rings (SSSR count). The Balaban J connectivity index is 2.37. The number of aromatic hydroxyl groups is 1. The van der Waals surface area contributed by atoms with E-state index in [1.54, 1.807) is 0 Å². The third-order valence-corrected chi connectivity index (χ3v) is 5.64. The minimum absolute atomic E-state index is 0.146. The van der Waals surface area contributed by atoms with Gasteiger partial charge in [-0.3, -0.25) is 14.4 Å². The van der Waals surface area contributed by atoms with Crippen LogP contribution < -0.4 is 16.2 Å². The highest BCUT2D eigenvalue weighted by Crippen LogP contribution is 2.44. The van der Waals surface area contributed by atoms with Crippen LogP contribution in [0, 0.1) is 10.4 Å². The van der Waals surface area contributed by atoms with Crippen LogP contribution in [-0.4, -0.2) is 42.9 Å². The lowest BCUT2D eigenvalue weighted by Crippen LogP contribution is -2.53. The van der Waals surface area contributed by atoms with Crippen molar-refractivity contribution in [3.63, 3.8) is 0 Å². The van der Waals surface area contributed by atoms with Crippen LogP contribution in [0.25, 0.3) is 16.3 Å². The van der Waals surface area contributed by atoms with Gasteiger partial charge in [0.1, 0.15) is 28.8 Å². The predicted octanol–water partition coefficient (Wildman–Crippen LogP) is -1.24. The number of hydrogen-bond donors (Lipinski definition) is 4. The smallest absolute Gasteiger partial charge is 0.334 e. The predicted molar refractivity (Wildman–Crippen MR) is 98.7 cm³/mol. The molecule has 30 heavy (non-hydrogen) atoms. The Labute approximate surface area is 166 Å².